The summed E-state index contributed by atoms with van der Waals surface area (Å²) in [6.45, 7) is 6.24. The van der Waals surface area contributed by atoms with Gasteiger partial charge in [0.05, 0.1) is 11.3 Å². The number of benzene rings is 1. The molecule has 0 aliphatic heterocycles. The number of aromatic amines is 1. The molecular weight excluding hydrogens is 284 g/mol. The fraction of sp³-hybridized carbons (Fsp3) is 0.375. The van der Waals surface area contributed by atoms with Crippen molar-refractivity contribution < 1.29 is 0 Å². The van der Waals surface area contributed by atoms with E-state index in [4.69, 9.17) is 16.9 Å². The summed E-state index contributed by atoms with van der Waals surface area (Å²) in [4.78, 5) is 9.66. The number of hydrogen-bond acceptors (Lipinski definition) is 3. The summed E-state index contributed by atoms with van der Waals surface area (Å²) in [5.41, 5.74) is 3.00. The first-order valence-corrected chi connectivity index (χ1v) is 7.09. The number of nitrogens with one attached hydrogen (secondary N) is 1. The van der Waals surface area contributed by atoms with Crippen LogP contribution in [-0.2, 0) is 5.41 Å². The van der Waals surface area contributed by atoms with Crippen molar-refractivity contribution in [3.63, 3.8) is 0 Å². The molecule has 0 radical (unpaired) electrons. The van der Waals surface area contributed by atoms with Gasteiger partial charge >= 0.3 is 0 Å². The first-order valence-electron chi connectivity index (χ1n) is 6.72. The van der Waals surface area contributed by atoms with E-state index in [2.05, 4.69) is 36.8 Å². The molecule has 1 N–H and O–H groups in total. The summed E-state index contributed by atoms with van der Waals surface area (Å²) >= 11 is 6.29. The van der Waals surface area contributed by atoms with Crippen molar-refractivity contribution >= 4 is 17.3 Å². The third-order valence-electron chi connectivity index (χ3n) is 3.24. The second-order valence-corrected chi connectivity index (χ2v) is 6.61. The molecule has 4 nitrogen and oxygen atoms in total. The largest absolute Gasteiger partial charge is 0.377 e. The van der Waals surface area contributed by atoms with Crippen LogP contribution in [0.1, 0.15) is 32.2 Å². The fourth-order valence-corrected chi connectivity index (χ4v) is 2.28. The van der Waals surface area contributed by atoms with Crippen LogP contribution in [0.3, 0.4) is 0 Å². The maximum Gasteiger partial charge on any atom is 0.134 e. The van der Waals surface area contributed by atoms with Crippen molar-refractivity contribution in [2.24, 2.45) is 0 Å². The van der Waals surface area contributed by atoms with Gasteiger partial charge in [-0.15, -0.1) is 0 Å². The minimum absolute atomic E-state index is 0.0984. The van der Waals surface area contributed by atoms with Crippen LogP contribution in [0, 0.1) is 11.3 Å². The minimum Gasteiger partial charge on any atom is -0.377 e. The quantitative estimate of drug-likeness (QED) is 0.913. The molecule has 0 fully saturated rings. The molecule has 0 amide bonds. The highest BCUT2D eigenvalue weighted by molar-refractivity contribution is 6.32. The molecule has 2 rings (SSSR count). The zero-order valence-corrected chi connectivity index (χ0v) is 13.7. The van der Waals surface area contributed by atoms with Gasteiger partial charge in [0.2, 0.25) is 0 Å². The van der Waals surface area contributed by atoms with E-state index in [0.717, 1.165) is 17.1 Å². The average Bonchev–Trinajstić information content (AvgIpc) is 2.80. The first kappa shape index (κ1) is 15.4. The molecule has 0 saturated carbocycles. The van der Waals surface area contributed by atoms with Gasteiger partial charge in [-0.05, 0) is 12.1 Å². The predicted molar refractivity (Wildman–Crippen MR) is 86.8 cm³/mol. The van der Waals surface area contributed by atoms with Crippen molar-refractivity contribution in [1.29, 1.82) is 5.26 Å². The van der Waals surface area contributed by atoms with Gasteiger partial charge in [0.1, 0.15) is 22.7 Å². The molecule has 2 aromatic rings. The Labute approximate surface area is 130 Å². The van der Waals surface area contributed by atoms with Gasteiger partial charge in [-0.25, -0.2) is 4.98 Å². The molecular formula is C16H19ClN4. The third-order valence-corrected chi connectivity index (χ3v) is 3.52. The Morgan fingerprint density at radius 1 is 1.29 bits per heavy atom. The van der Waals surface area contributed by atoms with Gasteiger partial charge in [-0.2, -0.15) is 5.26 Å². The lowest BCUT2D eigenvalue weighted by atomic mass is 9.96. The monoisotopic (exact) mass is 302 g/mol. The van der Waals surface area contributed by atoms with Gasteiger partial charge < -0.3 is 9.88 Å². The Morgan fingerprint density at radius 3 is 2.43 bits per heavy atom. The van der Waals surface area contributed by atoms with Gasteiger partial charge in [0, 0.05) is 25.1 Å². The molecule has 1 heterocycles. The number of rotatable bonds is 2. The normalized spacial score (nSPS) is 11.3. The lowest BCUT2D eigenvalue weighted by molar-refractivity contribution is 0.553. The number of imidazole rings is 1. The number of nitrogens with zero attached hydrogens (tertiary/aromatic N) is 3. The molecule has 0 unspecified atom stereocenters. The van der Waals surface area contributed by atoms with E-state index in [1.54, 1.807) is 6.07 Å². The standard InChI is InChI=1S/C16H19ClN4/c1-16(2,3)15-19-13(14(17)20-15)10-6-7-11(9-18)12(8-10)21(4)5/h6-8H,1-5H3,(H,19,20). The van der Waals surface area contributed by atoms with Gasteiger partial charge in [-0.3, -0.25) is 0 Å². The molecule has 21 heavy (non-hydrogen) atoms. The molecule has 0 bridgehead atoms. The Hall–Kier alpha value is -1.99. The predicted octanol–water partition coefficient (Wildman–Crippen LogP) is 3.97. The number of anilines is 1. The van der Waals surface area contributed by atoms with Crippen LogP contribution in [0.15, 0.2) is 18.2 Å². The van der Waals surface area contributed by atoms with Gasteiger partial charge in [-0.1, -0.05) is 38.4 Å². The zero-order valence-electron chi connectivity index (χ0n) is 13.0. The summed E-state index contributed by atoms with van der Waals surface area (Å²) in [6.07, 6.45) is 0. The van der Waals surface area contributed by atoms with Gasteiger partial charge in [0.15, 0.2) is 0 Å². The van der Waals surface area contributed by atoms with Crippen LogP contribution < -0.4 is 4.90 Å². The molecule has 5 heteroatoms. The minimum atomic E-state index is -0.0984. The van der Waals surface area contributed by atoms with E-state index in [1.807, 2.05) is 31.1 Å². The molecule has 1 aromatic carbocycles. The number of hydrogen-bond donors (Lipinski definition) is 1. The summed E-state index contributed by atoms with van der Waals surface area (Å²) < 4.78 is 0. The van der Waals surface area contributed by atoms with Crippen LogP contribution in [0.5, 0.6) is 0 Å². The van der Waals surface area contributed by atoms with Crippen molar-refractivity contribution in [2.45, 2.75) is 26.2 Å². The smallest absolute Gasteiger partial charge is 0.134 e. The second-order valence-electron chi connectivity index (χ2n) is 6.24. The highest BCUT2D eigenvalue weighted by atomic mass is 35.5. The molecule has 0 atom stereocenters. The molecule has 1 aromatic heterocycles. The van der Waals surface area contributed by atoms with E-state index >= 15 is 0 Å². The van der Waals surface area contributed by atoms with Crippen LogP contribution in [0.25, 0.3) is 11.3 Å². The SMILES string of the molecule is CN(C)c1cc(-c2nc(C(C)(C)C)[nH]c2Cl)ccc1C#N. The van der Waals surface area contributed by atoms with E-state index in [1.165, 1.54) is 0 Å². The zero-order chi connectivity index (χ0) is 15.8. The topological polar surface area (TPSA) is 55.7 Å². The fourth-order valence-electron chi connectivity index (χ4n) is 2.04. The summed E-state index contributed by atoms with van der Waals surface area (Å²) in [6, 6.07) is 7.81. The Morgan fingerprint density at radius 2 is 1.95 bits per heavy atom. The Balaban J connectivity index is 2.56. The van der Waals surface area contributed by atoms with Crippen LogP contribution in [0.2, 0.25) is 5.15 Å². The van der Waals surface area contributed by atoms with Crippen molar-refractivity contribution in [2.75, 3.05) is 19.0 Å². The van der Waals surface area contributed by atoms with Crippen molar-refractivity contribution in [3.05, 3.63) is 34.7 Å². The number of aromatic nitrogens is 2. The Bertz CT molecular complexity index is 702. The highest BCUT2D eigenvalue weighted by Gasteiger charge is 2.21. The molecule has 0 aliphatic carbocycles. The van der Waals surface area contributed by atoms with Crippen molar-refractivity contribution in [1.82, 2.24) is 9.97 Å². The van der Waals surface area contributed by atoms with E-state index in [-0.39, 0.29) is 5.41 Å². The maximum absolute atomic E-state index is 9.17. The third kappa shape index (κ3) is 3.03. The lowest BCUT2D eigenvalue weighted by Gasteiger charge is -2.15. The lowest BCUT2D eigenvalue weighted by Crippen LogP contribution is -2.13. The summed E-state index contributed by atoms with van der Waals surface area (Å²) in [5, 5.41) is 9.69. The molecule has 0 spiro atoms. The molecule has 110 valence electrons. The number of nitriles is 1. The summed E-state index contributed by atoms with van der Waals surface area (Å²) in [7, 11) is 3.82. The van der Waals surface area contributed by atoms with Gasteiger partial charge in [0.25, 0.3) is 0 Å². The molecule has 0 aliphatic rings. The summed E-state index contributed by atoms with van der Waals surface area (Å²) in [5.74, 6) is 0.846. The number of H-pyrrole nitrogens is 1. The van der Waals surface area contributed by atoms with E-state index < -0.39 is 0 Å². The van der Waals surface area contributed by atoms with E-state index in [9.17, 15) is 0 Å². The maximum atomic E-state index is 9.17. The number of halogens is 1. The van der Waals surface area contributed by atoms with Crippen LogP contribution in [0.4, 0.5) is 5.69 Å². The Kier molecular flexibility index (Phi) is 3.97. The van der Waals surface area contributed by atoms with Crippen molar-refractivity contribution in [3.8, 4) is 17.3 Å². The second kappa shape index (κ2) is 5.42. The highest BCUT2D eigenvalue weighted by Crippen LogP contribution is 2.32. The average molecular weight is 303 g/mol. The van der Waals surface area contributed by atoms with E-state index in [0.29, 0.717) is 16.4 Å². The molecule has 0 saturated heterocycles. The van der Waals surface area contributed by atoms with Crippen LogP contribution >= 0.6 is 11.6 Å². The first-order chi connectivity index (χ1) is 9.74. The van der Waals surface area contributed by atoms with Crippen LogP contribution in [-0.4, -0.2) is 24.1 Å².